The number of nitrogens with zero attached hydrogens (tertiary/aromatic N) is 6. The topological polar surface area (TPSA) is 683 Å². The zero-order valence-corrected chi connectivity index (χ0v) is 67.2. The van der Waals surface area contributed by atoms with E-state index < -0.39 is 211 Å². The quantitative estimate of drug-likeness (QED) is 0.0116. The van der Waals surface area contributed by atoms with Crippen LogP contribution in [0.2, 0.25) is 0 Å². The van der Waals surface area contributed by atoms with Crippen LogP contribution in [-0.2, 0) is 76.7 Å². The van der Waals surface area contributed by atoms with Crippen LogP contribution in [0.3, 0.4) is 0 Å². The second kappa shape index (κ2) is 47.9. The van der Waals surface area contributed by atoms with Crippen molar-refractivity contribution in [1.29, 1.82) is 0 Å². The maximum Gasteiger partial charge on any atom is 0.327 e. The minimum atomic E-state index is -1.82. The maximum atomic E-state index is 14.7. The highest BCUT2D eigenvalue weighted by molar-refractivity contribution is 7.80. The highest BCUT2D eigenvalue weighted by atomic mass is 32.1. The average Bonchev–Trinajstić information content (AvgIpc) is 1.68. The number of hydrogen-bond donors (Lipinski definition) is 22. The van der Waals surface area contributed by atoms with Gasteiger partial charge in [-0.15, -0.1) is 0 Å². The molecule has 0 spiro atoms. The fourth-order valence-corrected chi connectivity index (χ4v) is 14.1. The van der Waals surface area contributed by atoms with Crippen molar-refractivity contribution in [3.63, 3.8) is 0 Å². The van der Waals surface area contributed by atoms with Crippen molar-refractivity contribution in [3.8, 4) is 0 Å². The van der Waals surface area contributed by atoms with E-state index in [1.165, 1.54) is 21.6 Å². The molecule has 43 nitrogen and oxygen atoms in total. The molecule has 14 amide bonds. The first-order valence-electron chi connectivity index (χ1n) is 38.9. The number of nitrogens with two attached hydrogens (primary N) is 5. The molecule has 16 atom stereocenters. The number of likely N-dealkylation sites (tertiary alicyclic amines) is 4. The molecule has 4 rings (SSSR count). The molecule has 4 aliphatic heterocycles. The highest BCUT2D eigenvalue weighted by Gasteiger charge is 2.48. The monoisotopic (exact) mass is 1650 g/mol. The average molecular weight is 1650 g/mol. The molecule has 0 aliphatic carbocycles. The van der Waals surface area contributed by atoms with Gasteiger partial charge in [0.15, 0.2) is 11.9 Å². The predicted octanol–water partition coefficient (Wildman–Crippen LogP) is -8.39. The van der Waals surface area contributed by atoms with Crippen LogP contribution in [-0.4, -0.2) is 318 Å². The molecular weight excluding hydrogens is 1530 g/mol. The Bertz CT molecular complexity index is 3460. The van der Waals surface area contributed by atoms with Crippen molar-refractivity contribution < 1.29 is 107 Å². The van der Waals surface area contributed by atoms with E-state index in [0.29, 0.717) is 19.3 Å². The van der Waals surface area contributed by atoms with E-state index >= 15 is 0 Å². The lowest BCUT2D eigenvalue weighted by Gasteiger charge is -2.35. The Kier molecular flexibility index (Phi) is 40.7. The highest BCUT2D eigenvalue weighted by Crippen LogP contribution is 2.28. The minimum absolute atomic E-state index is 0.00430. The van der Waals surface area contributed by atoms with Gasteiger partial charge in [-0.05, 0) is 127 Å². The van der Waals surface area contributed by atoms with Gasteiger partial charge in [-0.25, -0.2) is 4.79 Å². The summed E-state index contributed by atoms with van der Waals surface area (Å²) in [5, 5.41) is 85.8. The van der Waals surface area contributed by atoms with Gasteiger partial charge in [0.25, 0.3) is 0 Å². The summed E-state index contributed by atoms with van der Waals surface area (Å²) in [5.41, 5.74) is 27.8. The van der Waals surface area contributed by atoms with Gasteiger partial charge in [-0.3, -0.25) is 81.9 Å². The Morgan fingerprint density at radius 1 is 0.409 bits per heavy atom. The van der Waals surface area contributed by atoms with Crippen LogP contribution in [0.15, 0.2) is 9.98 Å². The first-order chi connectivity index (χ1) is 54.2. The zero-order chi connectivity index (χ0) is 86.2. The number of amides is 14. The van der Waals surface area contributed by atoms with Gasteiger partial charge in [-0.2, -0.15) is 12.6 Å². The SMILES string of the molecule is CC(C)C[C@H](NC(=O)[C@@H](N)CCC(=O)O)C(=O)N[C@@H](CC(C)C)C(=O)N1CCC[C@H]1C(=O)N[C@H](C(=O)N1CCC[C@H]1C(=O)N1CCC[C@H]1C(=O)N[C@@H](CC(C)C)C(=O)N[C@@H](CO)C(=O)N1CCC[C@H]1C(=O)N[C@@H](CO)C(=O)N[C@@H](CCCN=C(N)N)C(=O)N[C@@H](CCCN=C(N)N)C(=O)N[C@@H](CO)C(=O)N[C@@H](CS)C(=O)O)[C@@H](C)O. The van der Waals surface area contributed by atoms with Crippen molar-refractivity contribution in [2.24, 2.45) is 56.4 Å². The molecule has 4 aliphatic rings. The van der Waals surface area contributed by atoms with Crippen LogP contribution in [0, 0.1) is 17.8 Å². The molecule has 44 heteroatoms. The smallest absolute Gasteiger partial charge is 0.327 e. The van der Waals surface area contributed by atoms with Crippen LogP contribution in [0.1, 0.15) is 158 Å². The van der Waals surface area contributed by atoms with E-state index in [-0.39, 0.29) is 165 Å². The molecule has 0 aromatic rings. The number of carboxylic acids is 2. The summed E-state index contributed by atoms with van der Waals surface area (Å²) in [5.74, 6) is -16.6. The minimum Gasteiger partial charge on any atom is -0.481 e. The van der Waals surface area contributed by atoms with Crippen LogP contribution < -0.4 is 81.8 Å². The number of carbonyl (C=O) groups excluding carboxylic acids is 14. The number of aliphatic imine (C=N–C) groups is 2. The summed E-state index contributed by atoms with van der Waals surface area (Å²) >= 11 is 3.90. The number of carboxylic acid groups (broad SMARTS) is 2. The number of aliphatic hydroxyl groups is 4. The van der Waals surface area contributed by atoms with Crippen LogP contribution >= 0.6 is 12.6 Å². The molecule has 648 valence electrons. The van der Waals surface area contributed by atoms with E-state index in [9.17, 15) is 102 Å². The molecular formula is C71H121N21O22S. The first kappa shape index (κ1) is 97.6. The third-order valence-corrected chi connectivity index (χ3v) is 20.1. The molecule has 4 fully saturated rings. The standard InChI is InChI=1S/C71H121N21O22S/c1-35(2)28-42(81-55(99)39(72)20-21-53(97)98)58(102)83-44(30-37(5)6)65(109)89-24-11-18-51(89)64(108)88-54(38(7)96)68(112)92-27-13-19-52(92)67(111)91-26-12-17-50(91)62(106)82-43(29-36(3)4)59(103)86-47(33-95)66(110)90-25-10-16-49(90)63(107)85-46(32-94)60(104)80-40(14-8-22-77-70(73)74)56(100)79-41(15-9-23-78-71(75)76)57(101)84-45(31-93)61(105)87-48(34-115)69(113)114/h35-52,54,93-96,115H,8-34,72H2,1-7H3,(H,79,100)(H,80,104)(H,81,99)(H,82,106)(H,83,102)(H,84,101)(H,85,107)(H,86,103)(H,87,105)(H,88,108)(H,97,98)(H,113,114)(H4,73,74,77)(H4,75,76,78)/t38-,39+,40+,41+,42+,43+,44+,45+,46+,47+,48+,49+,50+,51+,52+,54+/m1/s1. The summed E-state index contributed by atoms with van der Waals surface area (Å²) < 4.78 is 0. The van der Waals surface area contributed by atoms with E-state index in [2.05, 4.69) is 75.8 Å². The van der Waals surface area contributed by atoms with Crippen LogP contribution in [0.5, 0.6) is 0 Å². The largest absolute Gasteiger partial charge is 0.481 e. The summed E-state index contributed by atoms with van der Waals surface area (Å²) in [4.78, 5) is 233. The number of nitrogens with one attached hydrogen (secondary N) is 10. The summed E-state index contributed by atoms with van der Waals surface area (Å²) in [6, 6.07) is -21.5. The van der Waals surface area contributed by atoms with Crippen molar-refractivity contribution >= 4 is 119 Å². The fourth-order valence-electron chi connectivity index (χ4n) is 13.9. The number of rotatable bonds is 47. The third-order valence-electron chi connectivity index (χ3n) is 19.8. The summed E-state index contributed by atoms with van der Waals surface area (Å²) in [6.07, 6.45) is -0.860. The molecule has 115 heavy (non-hydrogen) atoms. The van der Waals surface area contributed by atoms with Crippen LogP contribution in [0.4, 0.5) is 0 Å². The van der Waals surface area contributed by atoms with Crippen molar-refractivity contribution in [3.05, 3.63) is 0 Å². The summed E-state index contributed by atoms with van der Waals surface area (Å²) in [7, 11) is 0. The van der Waals surface area contributed by atoms with Crippen molar-refractivity contribution in [1.82, 2.24) is 72.8 Å². The fraction of sp³-hybridized carbons (Fsp3) is 0.746. The molecule has 0 saturated carbocycles. The van der Waals surface area contributed by atoms with E-state index in [0.717, 1.165) is 4.90 Å². The van der Waals surface area contributed by atoms with Crippen LogP contribution in [0.25, 0.3) is 0 Å². The molecule has 26 N–H and O–H groups in total. The van der Waals surface area contributed by atoms with Crippen molar-refractivity contribution in [2.45, 2.75) is 254 Å². The predicted molar refractivity (Wildman–Crippen MR) is 416 cm³/mol. The Hall–Kier alpha value is -9.79. The molecule has 4 saturated heterocycles. The van der Waals surface area contributed by atoms with Gasteiger partial charge in [0, 0.05) is 51.4 Å². The van der Waals surface area contributed by atoms with E-state index in [1.54, 1.807) is 13.8 Å². The molecule has 0 aromatic carbocycles. The van der Waals surface area contributed by atoms with Crippen molar-refractivity contribution in [2.75, 3.05) is 64.8 Å². The third kappa shape index (κ3) is 30.4. The van der Waals surface area contributed by atoms with E-state index in [4.69, 9.17) is 33.8 Å². The number of carbonyl (C=O) groups is 16. The second-order valence-corrected chi connectivity index (χ2v) is 30.8. The summed E-state index contributed by atoms with van der Waals surface area (Å²) in [6.45, 7) is 8.74. The molecule has 0 aromatic heterocycles. The Morgan fingerprint density at radius 3 is 1.16 bits per heavy atom. The number of thiol groups is 1. The number of aliphatic carboxylic acids is 2. The Morgan fingerprint density at radius 2 is 0.739 bits per heavy atom. The number of hydrogen-bond acceptors (Lipinski definition) is 24. The maximum absolute atomic E-state index is 14.7. The second-order valence-electron chi connectivity index (χ2n) is 30.4. The van der Waals surface area contributed by atoms with Gasteiger partial charge in [0.1, 0.15) is 84.6 Å². The first-order valence-corrected chi connectivity index (χ1v) is 39.5. The zero-order valence-electron chi connectivity index (χ0n) is 66.3. The number of aliphatic hydroxyl groups excluding tert-OH is 4. The number of guanidine groups is 2. The normalized spacial score (nSPS) is 19.8. The van der Waals surface area contributed by atoms with Gasteiger partial charge in [0.05, 0.1) is 32.0 Å². The lowest BCUT2D eigenvalue weighted by Crippen LogP contribution is -2.62. The van der Waals surface area contributed by atoms with Gasteiger partial charge < -0.3 is 132 Å². The lowest BCUT2D eigenvalue weighted by atomic mass is 9.99. The lowest BCUT2D eigenvalue weighted by molar-refractivity contribution is -0.150. The van der Waals surface area contributed by atoms with Gasteiger partial charge >= 0.3 is 11.9 Å². The molecule has 0 radical (unpaired) electrons. The van der Waals surface area contributed by atoms with E-state index in [1.807, 2.05) is 27.7 Å². The molecule has 0 bridgehead atoms. The Labute approximate surface area is 672 Å². The molecule has 0 unspecified atom stereocenters. The van der Waals surface area contributed by atoms with Gasteiger partial charge in [-0.1, -0.05) is 41.5 Å². The Balaban J connectivity index is 1.47. The van der Waals surface area contributed by atoms with Gasteiger partial charge in [0.2, 0.25) is 82.7 Å². The molecule has 4 heterocycles.